The maximum atomic E-state index is 3.55. The maximum Gasteiger partial charge on any atom is 0.0466 e. The van der Waals surface area contributed by atoms with E-state index in [1.807, 2.05) is 0 Å². The molecule has 2 aromatic carbocycles. The molecule has 2 aromatic rings. The van der Waals surface area contributed by atoms with Crippen molar-refractivity contribution in [3.05, 3.63) is 71.3 Å². The minimum Gasteiger partial charge on any atom is -0.303 e. The van der Waals surface area contributed by atoms with Crippen LogP contribution in [0.4, 0.5) is 0 Å². The molecule has 0 heterocycles. The van der Waals surface area contributed by atoms with Crippen molar-refractivity contribution in [3.63, 3.8) is 0 Å². The molecule has 2 rings (SSSR count). The number of nitrogens with one attached hydrogen (secondary N) is 1. The zero-order valence-electron chi connectivity index (χ0n) is 11.5. The first-order valence-electron chi connectivity index (χ1n) is 6.91. The fraction of sp³-hybridized carbons (Fsp3) is 0.294. The average molecular weight is 271 g/mol. The van der Waals surface area contributed by atoms with Gasteiger partial charge in [-0.3, -0.25) is 0 Å². The van der Waals surface area contributed by atoms with Crippen LogP contribution in [-0.4, -0.2) is 0 Å². The molecule has 0 aliphatic rings. The van der Waals surface area contributed by atoms with Crippen LogP contribution in [0.3, 0.4) is 0 Å². The molecule has 0 fully saturated rings. The van der Waals surface area contributed by atoms with Crippen LogP contribution >= 0.6 is 9.24 Å². The van der Waals surface area contributed by atoms with Gasteiger partial charge in [0.2, 0.25) is 0 Å². The first-order valence-corrected chi connectivity index (χ1v) is 7.58. The largest absolute Gasteiger partial charge is 0.303 e. The second-order valence-electron chi connectivity index (χ2n) is 4.84. The maximum absolute atomic E-state index is 3.55. The van der Waals surface area contributed by atoms with Gasteiger partial charge in [0.15, 0.2) is 0 Å². The van der Waals surface area contributed by atoms with Crippen LogP contribution in [0.1, 0.15) is 35.8 Å². The number of rotatable bonds is 6. The van der Waals surface area contributed by atoms with Crippen LogP contribution in [0.2, 0.25) is 0 Å². The van der Waals surface area contributed by atoms with Gasteiger partial charge < -0.3 is 5.32 Å². The Bertz CT molecular complexity index is 496. The Labute approximate surface area is 118 Å². The van der Waals surface area contributed by atoms with E-state index in [1.165, 1.54) is 23.1 Å². The van der Waals surface area contributed by atoms with Gasteiger partial charge in [0.1, 0.15) is 0 Å². The summed E-state index contributed by atoms with van der Waals surface area (Å²) in [5.41, 5.74) is 4.09. The second-order valence-corrected chi connectivity index (χ2v) is 5.51. The van der Waals surface area contributed by atoms with E-state index in [0.717, 1.165) is 13.0 Å². The lowest BCUT2D eigenvalue weighted by Crippen LogP contribution is -2.15. The fourth-order valence-corrected chi connectivity index (χ4v) is 2.53. The Kier molecular flexibility index (Phi) is 5.57. The van der Waals surface area contributed by atoms with Crippen molar-refractivity contribution in [2.24, 2.45) is 0 Å². The fourth-order valence-electron chi connectivity index (χ4n) is 2.19. The van der Waals surface area contributed by atoms with Crippen molar-refractivity contribution in [2.45, 2.75) is 32.1 Å². The third kappa shape index (κ3) is 4.45. The molecule has 0 aromatic heterocycles. The van der Waals surface area contributed by atoms with Crippen LogP contribution in [0.15, 0.2) is 54.6 Å². The molecular weight excluding hydrogens is 249 g/mol. The molecule has 0 bridgehead atoms. The Morgan fingerprint density at radius 3 is 2.47 bits per heavy atom. The van der Waals surface area contributed by atoms with Gasteiger partial charge in [-0.2, -0.15) is 0 Å². The zero-order valence-corrected chi connectivity index (χ0v) is 12.6. The number of aryl methyl sites for hydroxylation is 1. The van der Waals surface area contributed by atoms with E-state index in [9.17, 15) is 0 Å². The van der Waals surface area contributed by atoms with Crippen molar-refractivity contribution in [1.82, 2.24) is 5.32 Å². The molecular formula is C17H22NP. The van der Waals surface area contributed by atoms with Crippen LogP contribution in [0, 0.1) is 0 Å². The van der Waals surface area contributed by atoms with Gasteiger partial charge in [0.25, 0.3) is 0 Å². The van der Waals surface area contributed by atoms with Crippen LogP contribution in [0.5, 0.6) is 0 Å². The molecule has 0 aliphatic heterocycles. The highest BCUT2D eigenvalue weighted by Crippen LogP contribution is 2.20. The summed E-state index contributed by atoms with van der Waals surface area (Å²) >= 11 is 0. The molecule has 100 valence electrons. The molecule has 19 heavy (non-hydrogen) atoms. The van der Waals surface area contributed by atoms with Crippen molar-refractivity contribution in [1.29, 1.82) is 0 Å². The van der Waals surface area contributed by atoms with E-state index in [4.69, 9.17) is 0 Å². The molecule has 1 nitrogen and oxygen atoms in total. The van der Waals surface area contributed by atoms with Crippen molar-refractivity contribution in [3.8, 4) is 0 Å². The highest BCUT2D eigenvalue weighted by Gasteiger charge is 2.04. The third-order valence-electron chi connectivity index (χ3n) is 3.21. The van der Waals surface area contributed by atoms with Gasteiger partial charge in [-0.05, 0) is 23.1 Å². The Balaban J connectivity index is 1.93. The van der Waals surface area contributed by atoms with Crippen LogP contribution < -0.4 is 5.32 Å². The molecule has 2 unspecified atom stereocenters. The van der Waals surface area contributed by atoms with E-state index >= 15 is 0 Å². The molecule has 0 radical (unpaired) electrons. The van der Waals surface area contributed by atoms with Gasteiger partial charge in [0, 0.05) is 12.3 Å². The standard InChI is InChI=1S/C17H22NP/c1-2-7-14-8-6-9-15(12-14)13-18-17(19)16-10-4-3-5-11-16/h3-6,8-12,17-18H,2,7,13,19H2,1H3. The van der Waals surface area contributed by atoms with E-state index in [0.29, 0.717) is 5.78 Å². The highest BCUT2D eigenvalue weighted by atomic mass is 31.0. The minimum absolute atomic E-state index is 0.302. The Morgan fingerprint density at radius 2 is 1.74 bits per heavy atom. The summed E-state index contributed by atoms with van der Waals surface area (Å²) < 4.78 is 0. The molecule has 0 amide bonds. The topological polar surface area (TPSA) is 12.0 Å². The van der Waals surface area contributed by atoms with E-state index in [1.54, 1.807) is 0 Å². The van der Waals surface area contributed by atoms with Gasteiger partial charge in [-0.1, -0.05) is 67.9 Å². The van der Waals surface area contributed by atoms with Crippen LogP contribution in [0.25, 0.3) is 0 Å². The smallest absolute Gasteiger partial charge is 0.0466 e. The summed E-state index contributed by atoms with van der Waals surface area (Å²) in [7, 11) is 2.87. The molecule has 2 atom stereocenters. The van der Waals surface area contributed by atoms with Crippen LogP contribution in [-0.2, 0) is 13.0 Å². The van der Waals surface area contributed by atoms with Gasteiger partial charge in [-0.25, -0.2) is 0 Å². The zero-order chi connectivity index (χ0) is 13.5. The number of hydrogen-bond acceptors (Lipinski definition) is 1. The predicted molar refractivity (Wildman–Crippen MR) is 86.2 cm³/mol. The summed E-state index contributed by atoms with van der Waals surface area (Å²) in [5, 5.41) is 3.55. The lowest BCUT2D eigenvalue weighted by molar-refractivity contribution is 0.677. The second kappa shape index (κ2) is 7.43. The molecule has 2 heteroatoms. The molecule has 0 spiro atoms. The highest BCUT2D eigenvalue weighted by molar-refractivity contribution is 7.17. The Hall–Kier alpha value is -1.17. The van der Waals surface area contributed by atoms with Gasteiger partial charge in [-0.15, -0.1) is 9.24 Å². The van der Waals surface area contributed by atoms with Gasteiger partial charge >= 0.3 is 0 Å². The van der Waals surface area contributed by atoms with E-state index < -0.39 is 0 Å². The summed E-state index contributed by atoms with van der Waals surface area (Å²) in [4.78, 5) is 0. The SMILES string of the molecule is CCCc1cccc(CNC(P)c2ccccc2)c1. The third-order valence-corrected chi connectivity index (χ3v) is 3.84. The predicted octanol–water partition coefficient (Wildman–Crippen LogP) is 4.30. The van der Waals surface area contributed by atoms with Gasteiger partial charge in [0.05, 0.1) is 0 Å². The lowest BCUT2D eigenvalue weighted by Gasteiger charge is -2.14. The summed E-state index contributed by atoms with van der Waals surface area (Å²) in [5.74, 6) is 0.302. The molecule has 1 N–H and O–H groups in total. The quantitative estimate of drug-likeness (QED) is 0.772. The first kappa shape index (κ1) is 14.2. The van der Waals surface area contributed by atoms with Crippen molar-refractivity contribution < 1.29 is 0 Å². The molecule has 0 aliphatic carbocycles. The number of benzene rings is 2. The minimum atomic E-state index is 0.302. The van der Waals surface area contributed by atoms with E-state index in [-0.39, 0.29) is 0 Å². The monoisotopic (exact) mass is 271 g/mol. The normalized spacial score (nSPS) is 12.3. The summed E-state index contributed by atoms with van der Waals surface area (Å²) in [6, 6.07) is 19.4. The van der Waals surface area contributed by atoms with Crippen molar-refractivity contribution in [2.75, 3.05) is 0 Å². The van der Waals surface area contributed by atoms with Crippen molar-refractivity contribution >= 4 is 9.24 Å². The lowest BCUT2D eigenvalue weighted by atomic mass is 10.1. The number of hydrogen-bond donors (Lipinski definition) is 1. The molecule has 0 saturated carbocycles. The Morgan fingerprint density at radius 1 is 1.00 bits per heavy atom. The van der Waals surface area contributed by atoms with E-state index in [2.05, 4.69) is 76.1 Å². The summed E-state index contributed by atoms with van der Waals surface area (Å²) in [6.07, 6.45) is 2.37. The average Bonchev–Trinajstić information content (AvgIpc) is 2.46. The molecule has 0 saturated heterocycles. The summed E-state index contributed by atoms with van der Waals surface area (Å²) in [6.45, 7) is 3.12. The first-order chi connectivity index (χ1) is 9.29.